The summed E-state index contributed by atoms with van der Waals surface area (Å²) in [6.07, 6.45) is 3.94. The molecular formula is C17H21ClN2. The zero-order chi connectivity index (χ0) is 13.8. The van der Waals surface area contributed by atoms with Gasteiger partial charge in [0.25, 0.3) is 0 Å². The molecule has 1 saturated carbocycles. The van der Waals surface area contributed by atoms with Gasteiger partial charge < -0.3 is 5.32 Å². The second-order valence-corrected chi connectivity index (χ2v) is 6.04. The van der Waals surface area contributed by atoms with Gasteiger partial charge in [0, 0.05) is 17.8 Å². The van der Waals surface area contributed by atoms with Crippen molar-refractivity contribution in [2.45, 2.75) is 25.8 Å². The molecule has 1 aliphatic rings. The van der Waals surface area contributed by atoms with E-state index in [1.807, 2.05) is 12.1 Å². The molecule has 3 rings (SSSR count). The highest BCUT2D eigenvalue weighted by Crippen LogP contribution is 2.31. The molecule has 1 aromatic heterocycles. The number of fused-ring (bicyclic) bond motifs is 1. The van der Waals surface area contributed by atoms with Gasteiger partial charge in [-0.3, -0.25) is 4.98 Å². The second-order valence-electron chi connectivity index (χ2n) is 5.73. The third kappa shape index (κ3) is 3.13. The Morgan fingerprint density at radius 1 is 1.10 bits per heavy atom. The van der Waals surface area contributed by atoms with Gasteiger partial charge in [-0.05, 0) is 43.4 Å². The molecule has 1 aromatic carbocycles. The Bertz CT molecular complexity index is 570. The maximum atomic E-state index is 6.02. The first-order chi connectivity index (χ1) is 9.86. The van der Waals surface area contributed by atoms with Gasteiger partial charge in [-0.1, -0.05) is 30.7 Å². The van der Waals surface area contributed by atoms with E-state index < -0.39 is 0 Å². The highest BCUT2D eigenvalue weighted by molar-refractivity contribution is 6.18. The summed E-state index contributed by atoms with van der Waals surface area (Å²) >= 11 is 6.02. The molecular weight excluding hydrogens is 268 g/mol. The lowest BCUT2D eigenvalue weighted by molar-refractivity contribution is 0.395. The van der Waals surface area contributed by atoms with E-state index in [4.69, 9.17) is 11.6 Å². The Morgan fingerprint density at radius 3 is 2.85 bits per heavy atom. The summed E-state index contributed by atoms with van der Waals surface area (Å²) in [7, 11) is 0. The van der Waals surface area contributed by atoms with E-state index in [1.165, 1.54) is 24.6 Å². The van der Waals surface area contributed by atoms with Crippen molar-refractivity contribution in [3.63, 3.8) is 0 Å². The standard InChI is InChI=1S/C17H21ClN2/c18-10-14-5-3-6-15(14)11-19-12-16-9-8-13-4-1-2-7-17(13)20-16/h1-2,4,7-9,14-15,19H,3,5-6,10-12H2. The van der Waals surface area contributed by atoms with Crippen LogP contribution in [0.2, 0.25) is 0 Å². The van der Waals surface area contributed by atoms with Gasteiger partial charge in [-0.15, -0.1) is 11.6 Å². The molecule has 2 nitrogen and oxygen atoms in total. The molecule has 0 radical (unpaired) electrons. The lowest BCUT2D eigenvalue weighted by Gasteiger charge is -2.17. The van der Waals surface area contributed by atoms with Gasteiger partial charge in [0.05, 0.1) is 11.2 Å². The predicted molar refractivity (Wildman–Crippen MR) is 85.0 cm³/mol. The van der Waals surface area contributed by atoms with Crippen molar-refractivity contribution in [3.05, 3.63) is 42.1 Å². The Balaban J connectivity index is 1.57. The van der Waals surface area contributed by atoms with Crippen molar-refractivity contribution in [3.8, 4) is 0 Å². The van der Waals surface area contributed by atoms with Crippen molar-refractivity contribution < 1.29 is 0 Å². The van der Waals surface area contributed by atoms with Crippen LogP contribution in [0.4, 0.5) is 0 Å². The second kappa shape index (κ2) is 6.55. The summed E-state index contributed by atoms with van der Waals surface area (Å²) in [5.41, 5.74) is 2.19. The number of pyridine rings is 1. The molecule has 2 unspecified atom stereocenters. The molecule has 106 valence electrons. The lowest BCUT2D eigenvalue weighted by atomic mass is 9.98. The fourth-order valence-electron chi connectivity index (χ4n) is 3.18. The van der Waals surface area contributed by atoms with Gasteiger partial charge in [-0.2, -0.15) is 0 Å². The summed E-state index contributed by atoms with van der Waals surface area (Å²) in [4.78, 5) is 4.69. The Morgan fingerprint density at radius 2 is 1.95 bits per heavy atom. The first kappa shape index (κ1) is 13.8. The minimum atomic E-state index is 0.703. The molecule has 2 atom stereocenters. The fourth-order valence-corrected chi connectivity index (χ4v) is 3.58. The van der Waals surface area contributed by atoms with E-state index in [0.717, 1.165) is 36.1 Å². The van der Waals surface area contributed by atoms with Gasteiger partial charge in [-0.25, -0.2) is 0 Å². The Hall–Kier alpha value is -1.12. The number of para-hydroxylation sites is 1. The van der Waals surface area contributed by atoms with E-state index in [-0.39, 0.29) is 0 Å². The number of nitrogens with zero attached hydrogens (tertiary/aromatic N) is 1. The number of rotatable bonds is 5. The highest BCUT2D eigenvalue weighted by Gasteiger charge is 2.25. The van der Waals surface area contributed by atoms with Crippen LogP contribution in [0.3, 0.4) is 0 Å². The largest absolute Gasteiger partial charge is 0.311 e. The number of aromatic nitrogens is 1. The number of nitrogens with one attached hydrogen (secondary N) is 1. The normalized spacial score (nSPS) is 22.4. The van der Waals surface area contributed by atoms with E-state index in [1.54, 1.807) is 0 Å². The van der Waals surface area contributed by atoms with Crippen LogP contribution >= 0.6 is 11.6 Å². The van der Waals surface area contributed by atoms with Gasteiger partial charge >= 0.3 is 0 Å². The van der Waals surface area contributed by atoms with Gasteiger partial charge in [0.2, 0.25) is 0 Å². The van der Waals surface area contributed by atoms with E-state index in [2.05, 4.69) is 34.6 Å². The first-order valence-corrected chi connectivity index (χ1v) is 8.01. The average Bonchev–Trinajstić information content (AvgIpc) is 2.95. The smallest absolute Gasteiger partial charge is 0.0705 e. The number of hydrogen-bond acceptors (Lipinski definition) is 2. The molecule has 20 heavy (non-hydrogen) atoms. The van der Waals surface area contributed by atoms with Crippen LogP contribution in [0.25, 0.3) is 10.9 Å². The van der Waals surface area contributed by atoms with Crippen molar-refractivity contribution in [1.29, 1.82) is 0 Å². The van der Waals surface area contributed by atoms with Crippen LogP contribution in [-0.2, 0) is 6.54 Å². The van der Waals surface area contributed by atoms with Crippen molar-refractivity contribution >= 4 is 22.5 Å². The summed E-state index contributed by atoms with van der Waals surface area (Å²) in [6, 6.07) is 12.5. The molecule has 0 bridgehead atoms. The molecule has 1 N–H and O–H groups in total. The number of hydrogen-bond donors (Lipinski definition) is 1. The van der Waals surface area contributed by atoms with Crippen molar-refractivity contribution in [1.82, 2.24) is 10.3 Å². The molecule has 3 heteroatoms. The molecule has 1 fully saturated rings. The molecule has 0 spiro atoms. The molecule has 0 saturated heterocycles. The minimum absolute atomic E-state index is 0.703. The van der Waals surface area contributed by atoms with E-state index in [9.17, 15) is 0 Å². The molecule has 1 aliphatic carbocycles. The van der Waals surface area contributed by atoms with Gasteiger partial charge in [0.15, 0.2) is 0 Å². The summed E-state index contributed by atoms with van der Waals surface area (Å²) in [5.74, 6) is 2.25. The van der Waals surface area contributed by atoms with Crippen LogP contribution in [-0.4, -0.2) is 17.4 Å². The topological polar surface area (TPSA) is 24.9 Å². The molecule has 0 amide bonds. The van der Waals surface area contributed by atoms with Crippen LogP contribution < -0.4 is 5.32 Å². The molecule has 0 aliphatic heterocycles. The summed E-state index contributed by atoms with van der Waals surface area (Å²) in [5, 5.41) is 4.75. The minimum Gasteiger partial charge on any atom is -0.311 e. The molecule has 1 heterocycles. The van der Waals surface area contributed by atoms with Crippen LogP contribution in [0.5, 0.6) is 0 Å². The molecule has 2 aromatic rings. The number of benzene rings is 1. The zero-order valence-corrected chi connectivity index (χ0v) is 12.4. The SMILES string of the molecule is ClCC1CCCC1CNCc1ccc2ccccc2n1. The monoisotopic (exact) mass is 288 g/mol. The highest BCUT2D eigenvalue weighted by atomic mass is 35.5. The van der Waals surface area contributed by atoms with E-state index >= 15 is 0 Å². The van der Waals surface area contributed by atoms with Crippen LogP contribution in [0.15, 0.2) is 36.4 Å². The number of alkyl halides is 1. The van der Waals surface area contributed by atoms with Gasteiger partial charge in [0.1, 0.15) is 0 Å². The maximum absolute atomic E-state index is 6.02. The zero-order valence-electron chi connectivity index (χ0n) is 11.7. The Kier molecular flexibility index (Phi) is 4.54. The van der Waals surface area contributed by atoms with E-state index in [0.29, 0.717) is 5.92 Å². The quantitative estimate of drug-likeness (QED) is 0.842. The van der Waals surface area contributed by atoms with Crippen molar-refractivity contribution in [2.75, 3.05) is 12.4 Å². The summed E-state index contributed by atoms with van der Waals surface area (Å²) in [6.45, 7) is 1.90. The predicted octanol–water partition coefficient (Wildman–Crippen LogP) is 3.98. The lowest BCUT2D eigenvalue weighted by Crippen LogP contribution is -2.26. The Labute approximate surface area is 125 Å². The first-order valence-electron chi connectivity index (χ1n) is 7.48. The third-order valence-electron chi connectivity index (χ3n) is 4.38. The summed E-state index contributed by atoms with van der Waals surface area (Å²) < 4.78 is 0. The van der Waals surface area contributed by atoms with Crippen LogP contribution in [0, 0.1) is 11.8 Å². The van der Waals surface area contributed by atoms with Crippen molar-refractivity contribution in [2.24, 2.45) is 11.8 Å². The average molecular weight is 289 g/mol. The maximum Gasteiger partial charge on any atom is 0.0705 e. The third-order valence-corrected chi connectivity index (χ3v) is 4.78. The fraction of sp³-hybridized carbons (Fsp3) is 0.471. The number of halogens is 1. The van der Waals surface area contributed by atoms with Crippen LogP contribution in [0.1, 0.15) is 25.0 Å².